The minimum absolute atomic E-state index is 0.0744. The summed E-state index contributed by atoms with van der Waals surface area (Å²) in [5.74, 6) is 2.01. The van der Waals surface area contributed by atoms with Crippen LogP contribution in [0, 0.1) is 0 Å². The van der Waals surface area contributed by atoms with Crippen molar-refractivity contribution < 1.29 is 19.1 Å². The van der Waals surface area contributed by atoms with E-state index in [2.05, 4.69) is 37.2 Å². The quantitative estimate of drug-likeness (QED) is 0.351. The Hall–Kier alpha value is -3.86. The number of likely N-dealkylation sites (tertiary alicyclic amines) is 1. The third-order valence-electron chi connectivity index (χ3n) is 7.25. The van der Waals surface area contributed by atoms with Crippen molar-refractivity contribution in [2.75, 3.05) is 38.1 Å². The van der Waals surface area contributed by atoms with Gasteiger partial charge in [0.2, 0.25) is 5.88 Å². The number of ether oxygens (including phenoxy) is 1. The summed E-state index contributed by atoms with van der Waals surface area (Å²) < 4.78 is 13.9. The van der Waals surface area contributed by atoms with Crippen LogP contribution in [-0.4, -0.2) is 81.1 Å². The van der Waals surface area contributed by atoms with Crippen molar-refractivity contribution in [2.45, 2.75) is 44.2 Å². The van der Waals surface area contributed by atoms with E-state index in [4.69, 9.17) is 14.3 Å². The minimum Gasteiger partial charge on any atom is -0.473 e. The zero-order valence-corrected chi connectivity index (χ0v) is 20.8. The molecule has 2 fully saturated rings. The molecule has 11 heteroatoms. The number of anilines is 1. The number of hydrogen-bond acceptors (Lipinski definition) is 8. The standard InChI is InChI=1S/C26H31N7O4/c1-31(9-4-12-32-10-2-3-11-32)25-19-15-22(37-21(19)7-8-27-25)20-16-28-23-5-6-24(30-33(20)23)36-18-13-17(14-18)29-26(34)35/h5-8,15-18,29H,2-4,9-14H2,1H3,(H,34,35). The number of carboxylic acid groups (broad SMARTS) is 1. The molecule has 0 unspecified atom stereocenters. The van der Waals surface area contributed by atoms with Gasteiger partial charge < -0.3 is 29.4 Å². The predicted octanol–water partition coefficient (Wildman–Crippen LogP) is 3.64. The van der Waals surface area contributed by atoms with Gasteiger partial charge in [0, 0.05) is 44.7 Å². The number of aromatic nitrogens is 4. The molecular formula is C26H31N7O4. The van der Waals surface area contributed by atoms with E-state index in [1.54, 1.807) is 23.0 Å². The Bertz CT molecular complexity index is 1400. The highest BCUT2D eigenvalue weighted by molar-refractivity contribution is 5.91. The average Bonchev–Trinajstić information content (AvgIpc) is 3.61. The topological polar surface area (TPSA) is 121 Å². The van der Waals surface area contributed by atoms with Crippen molar-refractivity contribution in [2.24, 2.45) is 0 Å². The normalized spacial score (nSPS) is 19.8. The number of pyridine rings is 1. The zero-order valence-electron chi connectivity index (χ0n) is 20.8. The molecule has 0 radical (unpaired) electrons. The molecule has 6 rings (SSSR count). The van der Waals surface area contributed by atoms with Crippen molar-refractivity contribution in [3.8, 4) is 17.3 Å². The van der Waals surface area contributed by atoms with Gasteiger partial charge in [-0.2, -0.15) is 0 Å². The van der Waals surface area contributed by atoms with Crippen LogP contribution in [0.3, 0.4) is 0 Å². The molecule has 1 saturated carbocycles. The average molecular weight is 506 g/mol. The molecule has 0 bridgehead atoms. The van der Waals surface area contributed by atoms with Crippen LogP contribution in [0.25, 0.3) is 28.1 Å². The molecule has 194 valence electrons. The predicted molar refractivity (Wildman–Crippen MR) is 138 cm³/mol. The summed E-state index contributed by atoms with van der Waals surface area (Å²) in [5, 5.41) is 16.9. The number of imidazole rings is 1. The van der Waals surface area contributed by atoms with Gasteiger partial charge in [-0.3, -0.25) is 0 Å². The lowest BCUT2D eigenvalue weighted by molar-refractivity contribution is 0.0782. The van der Waals surface area contributed by atoms with Crippen molar-refractivity contribution in [1.29, 1.82) is 0 Å². The number of furan rings is 1. The minimum atomic E-state index is -1.01. The molecule has 11 nitrogen and oxygen atoms in total. The highest BCUT2D eigenvalue weighted by Gasteiger charge is 2.32. The van der Waals surface area contributed by atoms with Crippen molar-refractivity contribution >= 4 is 28.5 Å². The highest BCUT2D eigenvalue weighted by Crippen LogP contribution is 2.33. The fraction of sp³-hybridized carbons (Fsp3) is 0.462. The molecule has 4 aromatic heterocycles. The lowest BCUT2D eigenvalue weighted by atomic mass is 9.89. The smallest absolute Gasteiger partial charge is 0.404 e. The Morgan fingerprint density at radius 3 is 2.89 bits per heavy atom. The zero-order chi connectivity index (χ0) is 25.4. The Morgan fingerprint density at radius 2 is 2.08 bits per heavy atom. The van der Waals surface area contributed by atoms with Gasteiger partial charge in [-0.05, 0) is 57.1 Å². The summed E-state index contributed by atoms with van der Waals surface area (Å²) in [5.41, 5.74) is 2.16. The Morgan fingerprint density at radius 1 is 1.24 bits per heavy atom. The summed E-state index contributed by atoms with van der Waals surface area (Å²) in [6.07, 6.45) is 7.39. The summed E-state index contributed by atoms with van der Waals surface area (Å²) in [7, 11) is 2.08. The first kappa shape index (κ1) is 23.5. The van der Waals surface area contributed by atoms with Crippen molar-refractivity contribution in [3.05, 3.63) is 36.7 Å². The van der Waals surface area contributed by atoms with Gasteiger partial charge in [-0.25, -0.2) is 19.3 Å². The summed E-state index contributed by atoms with van der Waals surface area (Å²) in [6, 6.07) is 7.43. The van der Waals surface area contributed by atoms with Gasteiger partial charge in [0.25, 0.3) is 0 Å². The number of carbonyl (C=O) groups is 1. The van der Waals surface area contributed by atoms with Crippen LogP contribution in [0.1, 0.15) is 32.1 Å². The van der Waals surface area contributed by atoms with Gasteiger partial charge in [-0.1, -0.05) is 0 Å². The van der Waals surface area contributed by atoms with Crippen LogP contribution in [0.4, 0.5) is 10.6 Å². The molecule has 0 aromatic carbocycles. The molecule has 1 aliphatic heterocycles. The lowest BCUT2D eigenvalue weighted by Gasteiger charge is -2.34. The van der Waals surface area contributed by atoms with Gasteiger partial charge in [0.05, 0.1) is 11.6 Å². The maximum Gasteiger partial charge on any atom is 0.404 e. The maximum absolute atomic E-state index is 10.8. The van der Waals surface area contributed by atoms with Gasteiger partial charge in [0.1, 0.15) is 23.2 Å². The monoisotopic (exact) mass is 505 g/mol. The second kappa shape index (κ2) is 9.89. The van der Waals surface area contributed by atoms with Crippen molar-refractivity contribution in [1.82, 2.24) is 29.8 Å². The molecule has 1 aliphatic carbocycles. The summed E-state index contributed by atoms with van der Waals surface area (Å²) in [4.78, 5) is 24.6. The second-order valence-electron chi connectivity index (χ2n) is 9.92. The molecule has 2 aliphatic rings. The van der Waals surface area contributed by atoms with Crippen LogP contribution in [0.15, 0.2) is 41.1 Å². The Kier molecular flexibility index (Phi) is 6.29. The van der Waals surface area contributed by atoms with Crippen LogP contribution in [0.5, 0.6) is 5.88 Å². The highest BCUT2D eigenvalue weighted by atomic mass is 16.5. The molecule has 0 atom stereocenters. The third-order valence-corrected chi connectivity index (χ3v) is 7.25. The number of hydrogen-bond donors (Lipinski definition) is 2. The fourth-order valence-electron chi connectivity index (χ4n) is 5.24. The number of amides is 1. The van der Waals surface area contributed by atoms with E-state index in [0.29, 0.717) is 30.1 Å². The van der Waals surface area contributed by atoms with Gasteiger partial charge in [-0.15, -0.1) is 5.10 Å². The van der Waals surface area contributed by atoms with E-state index in [-0.39, 0.29) is 12.1 Å². The van der Waals surface area contributed by atoms with Crippen LogP contribution < -0.4 is 15.0 Å². The first-order valence-corrected chi connectivity index (χ1v) is 12.9. The molecule has 2 N–H and O–H groups in total. The number of nitrogens with zero attached hydrogens (tertiary/aromatic N) is 6. The maximum atomic E-state index is 10.8. The van der Waals surface area contributed by atoms with E-state index in [0.717, 1.165) is 42.0 Å². The second-order valence-corrected chi connectivity index (χ2v) is 9.92. The molecule has 5 heterocycles. The van der Waals surface area contributed by atoms with Gasteiger partial charge in [0.15, 0.2) is 11.4 Å². The lowest BCUT2D eigenvalue weighted by Crippen LogP contribution is -2.48. The summed E-state index contributed by atoms with van der Waals surface area (Å²) in [6.45, 7) is 4.47. The molecule has 0 spiro atoms. The number of fused-ring (bicyclic) bond motifs is 2. The number of rotatable bonds is 9. The number of nitrogens with one attached hydrogen (secondary N) is 1. The van der Waals surface area contributed by atoms with Crippen molar-refractivity contribution in [3.63, 3.8) is 0 Å². The first-order valence-electron chi connectivity index (χ1n) is 12.9. The van der Waals surface area contributed by atoms with E-state index >= 15 is 0 Å². The van der Waals surface area contributed by atoms with E-state index in [1.807, 2.05) is 18.2 Å². The fourth-order valence-corrected chi connectivity index (χ4v) is 5.24. The van der Waals surface area contributed by atoms with Crippen LogP contribution in [-0.2, 0) is 0 Å². The molecular weight excluding hydrogens is 474 g/mol. The molecule has 1 amide bonds. The largest absolute Gasteiger partial charge is 0.473 e. The molecule has 4 aromatic rings. The van der Waals surface area contributed by atoms with Crippen LogP contribution in [0.2, 0.25) is 0 Å². The molecule has 1 saturated heterocycles. The first-order chi connectivity index (χ1) is 18.0. The SMILES string of the molecule is CN(CCCN1CCCC1)c1nccc2oc(-c3cnc4ccc(OC5CC(NC(=O)O)C5)nn34)cc12. The summed E-state index contributed by atoms with van der Waals surface area (Å²) >= 11 is 0. The Balaban J connectivity index is 1.19. The van der Waals surface area contributed by atoms with E-state index in [9.17, 15) is 4.79 Å². The van der Waals surface area contributed by atoms with Gasteiger partial charge >= 0.3 is 6.09 Å². The third kappa shape index (κ3) is 4.91. The van der Waals surface area contributed by atoms with Crippen LogP contribution >= 0.6 is 0 Å². The van der Waals surface area contributed by atoms with E-state index in [1.165, 1.54) is 25.9 Å². The Labute approximate surface area is 214 Å². The van der Waals surface area contributed by atoms with E-state index < -0.39 is 6.09 Å². The molecule has 37 heavy (non-hydrogen) atoms.